The largest absolute Gasteiger partial charge is 0.481 e. The van der Waals surface area contributed by atoms with Crippen LogP contribution in [0.2, 0.25) is 0 Å². The van der Waals surface area contributed by atoms with Crippen molar-refractivity contribution in [1.29, 1.82) is 0 Å². The number of aromatic nitrogens is 2. The molecule has 0 aliphatic rings. The number of rotatable bonds is 4. The summed E-state index contributed by atoms with van der Waals surface area (Å²) >= 11 is 0. The van der Waals surface area contributed by atoms with Gasteiger partial charge in [0.25, 0.3) is 0 Å². The van der Waals surface area contributed by atoms with Gasteiger partial charge < -0.3 is 14.4 Å². The Balaban J connectivity index is 2.25. The highest BCUT2D eigenvalue weighted by atomic mass is 16.5. The van der Waals surface area contributed by atoms with Crippen molar-refractivity contribution in [2.75, 3.05) is 7.11 Å². The molecule has 2 heterocycles. The van der Waals surface area contributed by atoms with Crippen LogP contribution in [0.4, 0.5) is 0 Å². The predicted octanol–water partition coefficient (Wildman–Crippen LogP) is 1.64. The minimum absolute atomic E-state index is 0.265. The molecule has 0 aromatic carbocycles. The van der Waals surface area contributed by atoms with E-state index in [2.05, 4.69) is 4.98 Å². The van der Waals surface area contributed by atoms with E-state index in [0.29, 0.717) is 12.4 Å². The fraction of sp³-hybridized carbons (Fsp3) is 0.167. The monoisotopic (exact) mass is 232 g/mol. The Morgan fingerprint density at radius 2 is 2.35 bits per heavy atom. The number of methoxy groups -OCH3 is 1. The summed E-state index contributed by atoms with van der Waals surface area (Å²) in [5.74, 6) is -0.414. The van der Waals surface area contributed by atoms with Gasteiger partial charge in [-0.05, 0) is 23.8 Å². The van der Waals surface area contributed by atoms with E-state index in [1.807, 2.05) is 6.07 Å². The molecule has 0 atom stereocenters. The molecule has 0 aliphatic heterocycles. The minimum atomic E-state index is -0.934. The van der Waals surface area contributed by atoms with Crippen molar-refractivity contribution in [2.24, 2.45) is 0 Å². The summed E-state index contributed by atoms with van der Waals surface area (Å²) in [5, 5.41) is 8.98. The number of hydrogen-bond acceptors (Lipinski definition) is 3. The van der Waals surface area contributed by atoms with Gasteiger partial charge in [0.05, 0.1) is 7.11 Å². The van der Waals surface area contributed by atoms with Gasteiger partial charge in [-0.15, -0.1) is 0 Å². The van der Waals surface area contributed by atoms with Gasteiger partial charge in [-0.3, -0.25) is 0 Å². The van der Waals surface area contributed by atoms with Crippen LogP contribution in [0.5, 0.6) is 5.88 Å². The van der Waals surface area contributed by atoms with Crippen molar-refractivity contribution in [3.05, 3.63) is 47.9 Å². The summed E-state index contributed by atoms with van der Waals surface area (Å²) in [6.45, 7) is 0.480. The Bertz CT molecular complexity index is 534. The van der Waals surface area contributed by atoms with E-state index in [9.17, 15) is 4.79 Å². The van der Waals surface area contributed by atoms with Gasteiger partial charge >= 0.3 is 5.97 Å². The van der Waals surface area contributed by atoms with Gasteiger partial charge in [0.1, 0.15) is 5.69 Å². The molecule has 88 valence electrons. The van der Waals surface area contributed by atoms with Gasteiger partial charge in [0.15, 0.2) is 0 Å². The highest BCUT2D eigenvalue weighted by Crippen LogP contribution is 2.12. The average molecular weight is 232 g/mol. The summed E-state index contributed by atoms with van der Waals surface area (Å²) in [6, 6.07) is 6.89. The van der Waals surface area contributed by atoms with Crippen LogP contribution in [0.15, 0.2) is 36.7 Å². The number of carboxylic acid groups (broad SMARTS) is 1. The third-order valence-corrected chi connectivity index (χ3v) is 2.41. The molecular formula is C12H12N2O3. The number of nitrogens with zero attached hydrogens (tertiary/aromatic N) is 2. The van der Waals surface area contributed by atoms with Gasteiger partial charge in [0, 0.05) is 25.0 Å². The second-order valence-electron chi connectivity index (χ2n) is 3.53. The fourth-order valence-corrected chi connectivity index (χ4v) is 1.60. The van der Waals surface area contributed by atoms with Crippen LogP contribution in [-0.4, -0.2) is 27.7 Å². The molecule has 0 saturated carbocycles. The number of carbonyl (C=O) groups is 1. The molecule has 0 radical (unpaired) electrons. The molecule has 2 aromatic heterocycles. The molecule has 0 spiro atoms. The van der Waals surface area contributed by atoms with Crippen LogP contribution in [0.25, 0.3) is 0 Å². The first-order valence-electron chi connectivity index (χ1n) is 5.08. The first kappa shape index (κ1) is 11.2. The lowest BCUT2D eigenvalue weighted by molar-refractivity contribution is 0.0685. The Morgan fingerprint density at radius 3 is 3.06 bits per heavy atom. The Kier molecular flexibility index (Phi) is 3.09. The number of ether oxygens (including phenoxy) is 1. The zero-order valence-electron chi connectivity index (χ0n) is 9.33. The van der Waals surface area contributed by atoms with Crippen molar-refractivity contribution in [2.45, 2.75) is 6.54 Å². The normalized spacial score (nSPS) is 10.2. The summed E-state index contributed by atoms with van der Waals surface area (Å²) in [7, 11) is 1.55. The number of hydrogen-bond donors (Lipinski definition) is 1. The zero-order chi connectivity index (χ0) is 12.3. The highest BCUT2D eigenvalue weighted by molar-refractivity contribution is 5.85. The maximum Gasteiger partial charge on any atom is 0.352 e. The lowest BCUT2D eigenvalue weighted by Crippen LogP contribution is -2.08. The van der Waals surface area contributed by atoms with Crippen molar-refractivity contribution in [1.82, 2.24) is 9.55 Å². The zero-order valence-corrected chi connectivity index (χ0v) is 9.33. The molecule has 0 unspecified atom stereocenters. The quantitative estimate of drug-likeness (QED) is 0.870. The molecule has 0 bridgehead atoms. The van der Waals surface area contributed by atoms with Crippen LogP contribution in [0.3, 0.4) is 0 Å². The number of carboxylic acids is 1. The lowest BCUT2D eigenvalue weighted by atomic mass is 10.2. The van der Waals surface area contributed by atoms with Gasteiger partial charge in [-0.1, -0.05) is 0 Å². The first-order valence-corrected chi connectivity index (χ1v) is 5.08. The smallest absolute Gasteiger partial charge is 0.352 e. The molecule has 5 nitrogen and oxygen atoms in total. The molecule has 2 aromatic rings. The van der Waals surface area contributed by atoms with Crippen LogP contribution >= 0.6 is 0 Å². The van der Waals surface area contributed by atoms with Crippen molar-refractivity contribution in [3.63, 3.8) is 0 Å². The standard InChI is InChI=1S/C12H12N2O3/c1-17-11-7-9(4-5-13-11)8-14-6-2-3-10(14)12(15)16/h2-7H,8H2,1H3,(H,15,16). The van der Waals surface area contributed by atoms with Gasteiger partial charge in [-0.2, -0.15) is 0 Å². The topological polar surface area (TPSA) is 64.3 Å². The number of aromatic carboxylic acids is 1. The minimum Gasteiger partial charge on any atom is -0.481 e. The van der Waals surface area contributed by atoms with E-state index in [1.54, 1.807) is 42.3 Å². The SMILES string of the molecule is COc1cc(Cn2cccc2C(=O)O)ccn1. The van der Waals surface area contributed by atoms with Crippen LogP contribution in [0, 0.1) is 0 Å². The molecule has 0 fully saturated rings. The maximum atomic E-state index is 10.9. The fourth-order valence-electron chi connectivity index (χ4n) is 1.60. The Morgan fingerprint density at radius 1 is 1.53 bits per heavy atom. The highest BCUT2D eigenvalue weighted by Gasteiger charge is 2.08. The molecule has 17 heavy (non-hydrogen) atoms. The van der Waals surface area contributed by atoms with E-state index in [1.165, 1.54) is 0 Å². The summed E-state index contributed by atoms with van der Waals surface area (Å²) in [6.07, 6.45) is 3.37. The molecule has 5 heteroatoms. The lowest BCUT2D eigenvalue weighted by Gasteiger charge is -2.07. The van der Waals surface area contributed by atoms with Crippen molar-refractivity contribution in [3.8, 4) is 5.88 Å². The predicted molar refractivity (Wildman–Crippen MR) is 61.3 cm³/mol. The Hall–Kier alpha value is -2.30. The Labute approximate surface area is 98.3 Å². The van der Waals surface area contributed by atoms with E-state index >= 15 is 0 Å². The first-order chi connectivity index (χ1) is 8.20. The van der Waals surface area contributed by atoms with E-state index in [-0.39, 0.29) is 5.69 Å². The molecule has 0 aliphatic carbocycles. The van der Waals surface area contributed by atoms with Crippen LogP contribution in [-0.2, 0) is 6.54 Å². The molecule has 0 amide bonds. The molecule has 0 saturated heterocycles. The molecule has 2 rings (SSSR count). The van der Waals surface area contributed by atoms with E-state index < -0.39 is 5.97 Å². The summed E-state index contributed by atoms with van der Waals surface area (Å²) in [5.41, 5.74) is 1.20. The third kappa shape index (κ3) is 2.44. The van der Waals surface area contributed by atoms with Crippen LogP contribution < -0.4 is 4.74 Å². The summed E-state index contributed by atoms with van der Waals surface area (Å²) < 4.78 is 6.68. The molecular weight excluding hydrogens is 220 g/mol. The van der Waals surface area contributed by atoms with E-state index in [4.69, 9.17) is 9.84 Å². The molecule has 1 N–H and O–H groups in total. The summed E-state index contributed by atoms with van der Waals surface area (Å²) in [4.78, 5) is 14.9. The average Bonchev–Trinajstić information content (AvgIpc) is 2.77. The van der Waals surface area contributed by atoms with Crippen molar-refractivity contribution < 1.29 is 14.6 Å². The number of pyridine rings is 1. The van der Waals surface area contributed by atoms with Crippen molar-refractivity contribution >= 4 is 5.97 Å². The van der Waals surface area contributed by atoms with Gasteiger partial charge in [-0.25, -0.2) is 9.78 Å². The maximum absolute atomic E-state index is 10.9. The second kappa shape index (κ2) is 4.69. The van der Waals surface area contributed by atoms with Gasteiger partial charge in [0.2, 0.25) is 5.88 Å². The second-order valence-corrected chi connectivity index (χ2v) is 3.53. The van der Waals surface area contributed by atoms with Crippen LogP contribution in [0.1, 0.15) is 16.1 Å². The third-order valence-electron chi connectivity index (χ3n) is 2.41. The van der Waals surface area contributed by atoms with E-state index in [0.717, 1.165) is 5.56 Å².